The van der Waals surface area contributed by atoms with Gasteiger partial charge < -0.3 is 0 Å². The van der Waals surface area contributed by atoms with Crippen LogP contribution in [0.15, 0.2) is 53.8 Å². The summed E-state index contributed by atoms with van der Waals surface area (Å²) in [5.74, 6) is -0.411. The molecule has 0 bridgehead atoms. The van der Waals surface area contributed by atoms with E-state index in [1.807, 2.05) is 32.0 Å². The van der Waals surface area contributed by atoms with Crippen molar-refractivity contribution in [3.63, 3.8) is 0 Å². The van der Waals surface area contributed by atoms with E-state index in [-0.39, 0.29) is 17.6 Å². The van der Waals surface area contributed by atoms with Crippen LogP contribution in [0.3, 0.4) is 0 Å². The molecule has 0 N–H and O–H groups in total. The SMILES string of the molecule is C[C@H](CC1=NC(=O)C(C)(c2ccncc2)S1)c1ccccc1F. The quantitative estimate of drug-likeness (QED) is 0.840. The number of aliphatic imine (C=N–C) groups is 1. The van der Waals surface area contributed by atoms with Gasteiger partial charge in [0.2, 0.25) is 0 Å². The van der Waals surface area contributed by atoms with Crippen molar-refractivity contribution in [3.8, 4) is 0 Å². The Balaban J connectivity index is 1.78. The Bertz CT molecular complexity index is 763. The average molecular weight is 328 g/mol. The average Bonchev–Trinajstić information content (AvgIpc) is 2.84. The summed E-state index contributed by atoms with van der Waals surface area (Å²) in [5, 5.41) is 0.755. The minimum absolute atomic E-state index is 0.0324. The Labute approximate surface area is 139 Å². The molecule has 23 heavy (non-hydrogen) atoms. The third kappa shape index (κ3) is 3.06. The number of rotatable bonds is 4. The maximum Gasteiger partial charge on any atom is 0.267 e. The fourth-order valence-electron chi connectivity index (χ4n) is 2.71. The second-order valence-electron chi connectivity index (χ2n) is 5.81. The van der Waals surface area contributed by atoms with Crippen molar-refractivity contribution in [1.82, 2.24) is 4.98 Å². The molecule has 1 unspecified atom stereocenters. The largest absolute Gasteiger partial charge is 0.271 e. The van der Waals surface area contributed by atoms with Crippen LogP contribution in [-0.2, 0) is 9.54 Å². The number of hydrogen-bond acceptors (Lipinski definition) is 3. The summed E-state index contributed by atoms with van der Waals surface area (Å²) in [4.78, 5) is 20.6. The molecule has 1 aliphatic rings. The van der Waals surface area contributed by atoms with E-state index in [0.717, 1.165) is 10.6 Å². The number of carbonyl (C=O) groups excluding carboxylic acids is 1. The van der Waals surface area contributed by atoms with E-state index in [0.29, 0.717) is 12.0 Å². The molecule has 3 nitrogen and oxygen atoms in total. The predicted molar refractivity (Wildman–Crippen MR) is 91.1 cm³/mol. The second kappa shape index (κ2) is 6.24. The summed E-state index contributed by atoms with van der Waals surface area (Å²) >= 11 is 1.45. The maximum atomic E-state index is 13.9. The molecule has 0 fully saturated rings. The van der Waals surface area contributed by atoms with Crippen LogP contribution < -0.4 is 0 Å². The molecule has 1 aliphatic heterocycles. The Morgan fingerprint density at radius 3 is 2.61 bits per heavy atom. The Hall–Kier alpha value is -2.01. The van der Waals surface area contributed by atoms with Gasteiger partial charge in [-0.15, -0.1) is 0 Å². The number of nitrogens with zero attached hydrogens (tertiary/aromatic N) is 2. The lowest BCUT2D eigenvalue weighted by Gasteiger charge is -2.20. The minimum atomic E-state index is -0.715. The summed E-state index contributed by atoms with van der Waals surface area (Å²) in [6.45, 7) is 3.83. The first-order valence-corrected chi connectivity index (χ1v) is 8.28. The highest BCUT2D eigenvalue weighted by atomic mass is 32.2. The molecule has 1 aromatic carbocycles. The lowest BCUT2D eigenvalue weighted by Crippen LogP contribution is -2.24. The highest BCUT2D eigenvalue weighted by Gasteiger charge is 2.42. The molecule has 0 saturated heterocycles. The van der Waals surface area contributed by atoms with Gasteiger partial charge in [-0.3, -0.25) is 9.78 Å². The fraction of sp³-hybridized carbons (Fsp3) is 0.278. The third-order valence-corrected chi connectivity index (χ3v) is 5.42. The number of carbonyl (C=O) groups is 1. The van der Waals surface area contributed by atoms with Crippen molar-refractivity contribution in [2.45, 2.75) is 30.9 Å². The summed E-state index contributed by atoms with van der Waals surface area (Å²) in [7, 11) is 0. The fourth-order valence-corrected chi connectivity index (χ4v) is 4.03. The molecule has 118 valence electrons. The van der Waals surface area contributed by atoms with Crippen molar-refractivity contribution >= 4 is 22.7 Å². The molecule has 1 amide bonds. The van der Waals surface area contributed by atoms with Gasteiger partial charge in [0, 0.05) is 18.8 Å². The van der Waals surface area contributed by atoms with Gasteiger partial charge in [0.15, 0.2) is 0 Å². The topological polar surface area (TPSA) is 42.3 Å². The molecule has 0 saturated carbocycles. The van der Waals surface area contributed by atoms with E-state index in [2.05, 4.69) is 9.98 Å². The lowest BCUT2D eigenvalue weighted by molar-refractivity contribution is -0.119. The third-order valence-electron chi connectivity index (χ3n) is 4.10. The van der Waals surface area contributed by atoms with Gasteiger partial charge in [0.25, 0.3) is 5.91 Å². The zero-order valence-corrected chi connectivity index (χ0v) is 13.8. The Kier molecular flexibility index (Phi) is 4.31. The van der Waals surface area contributed by atoms with E-state index in [9.17, 15) is 9.18 Å². The Morgan fingerprint density at radius 2 is 1.91 bits per heavy atom. The van der Waals surface area contributed by atoms with E-state index < -0.39 is 4.75 Å². The van der Waals surface area contributed by atoms with Crippen LogP contribution in [0.4, 0.5) is 4.39 Å². The van der Waals surface area contributed by atoms with Gasteiger partial charge in [-0.25, -0.2) is 9.38 Å². The monoisotopic (exact) mass is 328 g/mol. The van der Waals surface area contributed by atoms with Crippen molar-refractivity contribution in [3.05, 3.63) is 65.7 Å². The van der Waals surface area contributed by atoms with E-state index in [4.69, 9.17) is 0 Å². The normalized spacial score (nSPS) is 22.0. The van der Waals surface area contributed by atoms with Gasteiger partial charge in [0.05, 0.1) is 5.04 Å². The number of benzene rings is 1. The highest BCUT2D eigenvalue weighted by Crippen LogP contribution is 2.44. The number of hydrogen-bond donors (Lipinski definition) is 0. The molecular formula is C18H17FN2OS. The first-order chi connectivity index (χ1) is 11.0. The van der Waals surface area contributed by atoms with Crippen LogP contribution in [0.25, 0.3) is 0 Å². The molecule has 2 atom stereocenters. The van der Waals surface area contributed by atoms with Crippen molar-refractivity contribution in [1.29, 1.82) is 0 Å². The second-order valence-corrected chi connectivity index (χ2v) is 7.30. The summed E-state index contributed by atoms with van der Waals surface area (Å²) in [5.41, 5.74) is 1.54. The van der Waals surface area contributed by atoms with Crippen LogP contribution in [0.2, 0.25) is 0 Å². The van der Waals surface area contributed by atoms with Gasteiger partial charge in [-0.05, 0) is 42.2 Å². The van der Waals surface area contributed by atoms with Gasteiger partial charge in [0.1, 0.15) is 10.6 Å². The van der Waals surface area contributed by atoms with Crippen LogP contribution >= 0.6 is 11.8 Å². The molecule has 0 spiro atoms. The molecule has 0 radical (unpaired) electrons. The number of aromatic nitrogens is 1. The Morgan fingerprint density at radius 1 is 1.22 bits per heavy atom. The molecule has 0 aliphatic carbocycles. The number of halogens is 1. The molecular weight excluding hydrogens is 311 g/mol. The predicted octanol–water partition coefficient (Wildman–Crippen LogP) is 4.30. The molecule has 2 heterocycles. The standard InChI is InChI=1S/C18H17FN2OS/c1-12(14-5-3-4-6-15(14)19)11-16-21-17(22)18(2,23-16)13-7-9-20-10-8-13/h3-10,12H,11H2,1-2H3/t12-,18?/m1/s1. The molecule has 1 aromatic heterocycles. The van der Waals surface area contributed by atoms with Crippen molar-refractivity contribution in [2.75, 3.05) is 0 Å². The molecule has 5 heteroatoms. The number of amides is 1. The molecule has 2 aromatic rings. The molecule has 3 rings (SSSR count). The number of pyridine rings is 1. The van der Waals surface area contributed by atoms with E-state index in [1.54, 1.807) is 24.5 Å². The summed E-state index contributed by atoms with van der Waals surface area (Å²) < 4.78 is 13.2. The zero-order valence-electron chi connectivity index (χ0n) is 13.0. The van der Waals surface area contributed by atoms with Crippen molar-refractivity contribution < 1.29 is 9.18 Å². The van der Waals surface area contributed by atoms with E-state index >= 15 is 0 Å². The lowest BCUT2D eigenvalue weighted by atomic mass is 9.98. The first kappa shape index (κ1) is 15.9. The summed E-state index contributed by atoms with van der Waals surface area (Å²) in [6.07, 6.45) is 3.90. The highest BCUT2D eigenvalue weighted by molar-refractivity contribution is 8.15. The minimum Gasteiger partial charge on any atom is -0.271 e. The summed E-state index contributed by atoms with van der Waals surface area (Å²) in [6, 6.07) is 10.4. The zero-order chi connectivity index (χ0) is 16.4. The van der Waals surface area contributed by atoms with Crippen LogP contribution in [0.1, 0.15) is 37.3 Å². The van der Waals surface area contributed by atoms with Gasteiger partial charge in [-0.1, -0.05) is 36.9 Å². The van der Waals surface area contributed by atoms with Crippen LogP contribution in [0.5, 0.6) is 0 Å². The van der Waals surface area contributed by atoms with Gasteiger partial charge in [-0.2, -0.15) is 0 Å². The van der Waals surface area contributed by atoms with Gasteiger partial charge >= 0.3 is 0 Å². The van der Waals surface area contributed by atoms with Crippen molar-refractivity contribution in [2.24, 2.45) is 4.99 Å². The van der Waals surface area contributed by atoms with E-state index in [1.165, 1.54) is 17.8 Å². The maximum absolute atomic E-state index is 13.9. The smallest absolute Gasteiger partial charge is 0.267 e. The first-order valence-electron chi connectivity index (χ1n) is 7.46. The van der Waals surface area contributed by atoms with Crippen LogP contribution in [0, 0.1) is 5.82 Å². The number of thioether (sulfide) groups is 1. The van der Waals surface area contributed by atoms with Crippen LogP contribution in [-0.4, -0.2) is 15.9 Å².